The summed E-state index contributed by atoms with van der Waals surface area (Å²) in [5, 5.41) is 0. The molecule has 4 heteroatoms. The van der Waals surface area contributed by atoms with Crippen LogP contribution in [0.2, 0.25) is 0 Å². The summed E-state index contributed by atoms with van der Waals surface area (Å²) in [4.78, 5) is 5.08. The lowest BCUT2D eigenvalue weighted by molar-refractivity contribution is 0.125. The fourth-order valence-corrected chi connectivity index (χ4v) is 2.92. The van der Waals surface area contributed by atoms with Gasteiger partial charge in [-0.2, -0.15) is 0 Å². The molecule has 1 aliphatic rings. The van der Waals surface area contributed by atoms with Crippen LogP contribution in [-0.2, 0) is 6.54 Å². The van der Waals surface area contributed by atoms with E-state index in [2.05, 4.69) is 34.9 Å². The molecule has 0 bridgehead atoms. The molecule has 0 aromatic heterocycles. The second-order valence-corrected chi connectivity index (χ2v) is 5.93. The maximum absolute atomic E-state index is 5.55. The van der Waals surface area contributed by atoms with Gasteiger partial charge in [-0.1, -0.05) is 17.7 Å². The first-order valence-corrected chi connectivity index (χ1v) is 8.01. The number of hydrogen-bond acceptors (Lipinski definition) is 4. The van der Waals surface area contributed by atoms with Crippen molar-refractivity contribution in [3.05, 3.63) is 29.3 Å². The zero-order valence-corrected chi connectivity index (χ0v) is 13.5. The second kappa shape index (κ2) is 8.37. The molecule has 2 N–H and O–H groups in total. The molecular formula is C17H29N3O. The van der Waals surface area contributed by atoms with Crippen LogP contribution in [0, 0.1) is 6.92 Å². The molecule has 0 unspecified atom stereocenters. The van der Waals surface area contributed by atoms with Gasteiger partial charge in [0.2, 0.25) is 0 Å². The highest BCUT2D eigenvalue weighted by Crippen LogP contribution is 2.22. The molecule has 1 saturated heterocycles. The van der Waals surface area contributed by atoms with Crippen molar-refractivity contribution in [2.75, 3.05) is 46.4 Å². The Bertz CT molecular complexity index is 428. The standard InChI is InChI=1S/C17H29N3O/c1-15-5-6-17(21-2)16(13-15)14-20-11-9-19(10-12-20)8-4-3-7-18/h5-6,13H,3-4,7-12,14,18H2,1-2H3. The Kier molecular flexibility index (Phi) is 6.49. The number of rotatable bonds is 7. The lowest BCUT2D eigenvalue weighted by Gasteiger charge is -2.35. The lowest BCUT2D eigenvalue weighted by atomic mass is 10.1. The maximum Gasteiger partial charge on any atom is 0.123 e. The Morgan fingerprint density at radius 2 is 1.81 bits per heavy atom. The van der Waals surface area contributed by atoms with Crippen molar-refractivity contribution in [3.63, 3.8) is 0 Å². The molecule has 1 aromatic rings. The predicted molar refractivity (Wildman–Crippen MR) is 87.7 cm³/mol. The van der Waals surface area contributed by atoms with Crippen LogP contribution in [-0.4, -0.2) is 56.2 Å². The van der Waals surface area contributed by atoms with Crippen LogP contribution in [0.15, 0.2) is 18.2 Å². The van der Waals surface area contributed by atoms with E-state index in [0.717, 1.165) is 38.3 Å². The Morgan fingerprint density at radius 1 is 1.10 bits per heavy atom. The lowest BCUT2D eigenvalue weighted by Crippen LogP contribution is -2.46. The number of ether oxygens (including phenoxy) is 1. The summed E-state index contributed by atoms with van der Waals surface area (Å²) >= 11 is 0. The van der Waals surface area contributed by atoms with Gasteiger partial charge >= 0.3 is 0 Å². The summed E-state index contributed by atoms with van der Waals surface area (Å²) in [5.41, 5.74) is 8.15. The van der Waals surface area contributed by atoms with Crippen LogP contribution in [0.1, 0.15) is 24.0 Å². The van der Waals surface area contributed by atoms with Crippen LogP contribution >= 0.6 is 0 Å². The molecule has 0 aliphatic carbocycles. The SMILES string of the molecule is COc1ccc(C)cc1CN1CCN(CCCCN)CC1. The number of aryl methyl sites for hydroxylation is 1. The van der Waals surface area contributed by atoms with Crippen molar-refractivity contribution in [2.45, 2.75) is 26.3 Å². The van der Waals surface area contributed by atoms with E-state index in [0.29, 0.717) is 0 Å². The molecule has 21 heavy (non-hydrogen) atoms. The average molecular weight is 291 g/mol. The van der Waals surface area contributed by atoms with Gasteiger partial charge in [0.05, 0.1) is 7.11 Å². The number of unbranched alkanes of at least 4 members (excludes halogenated alkanes) is 1. The van der Waals surface area contributed by atoms with Crippen molar-refractivity contribution in [2.24, 2.45) is 5.73 Å². The highest BCUT2D eigenvalue weighted by atomic mass is 16.5. The highest BCUT2D eigenvalue weighted by molar-refractivity contribution is 5.36. The number of nitrogens with zero attached hydrogens (tertiary/aromatic N) is 2. The normalized spacial score (nSPS) is 17.1. The third kappa shape index (κ3) is 4.99. The van der Waals surface area contributed by atoms with Crippen LogP contribution < -0.4 is 10.5 Å². The Hall–Kier alpha value is -1.10. The summed E-state index contributed by atoms with van der Waals surface area (Å²) in [6.07, 6.45) is 2.36. The van der Waals surface area contributed by atoms with Gasteiger partial charge in [-0.3, -0.25) is 4.90 Å². The minimum Gasteiger partial charge on any atom is -0.496 e. The second-order valence-electron chi connectivity index (χ2n) is 5.93. The summed E-state index contributed by atoms with van der Waals surface area (Å²) in [5.74, 6) is 1.01. The molecule has 0 amide bonds. The molecule has 4 nitrogen and oxygen atoms in total. The predicted octanol–water partition coefficient (Wildman–Crippen LogP) is 1.86. The van der Waals surface area contributed by atoms with Gasteiger partial charge in [-0.15, -0.1) is 0 Å². The molecule has 0 atom stereocenters. The third-order valence-electron chi connectivity index (χ3n) is 4.22. The van der Waals surface area contributed by atoms with E-state index in [-0.39, 0.29) is 0 Å². The zero-order valence-electron chi connectivity index (χ0n) is 13.5. The molecule has 0 radical (unpaired) electrons. The van der Waals surface area contributed by atoms with Crippen LogP contribution in [0.4, 0.5) is 0 Å². The molecule has 0 saturated carbocycles. The van der Waals surface area contributed by atoms with Gasteiger partial charge in [-0.25, -0.2) is 0 Å². The van der Waals surface area contributed by atoms with E-state index in [1.165, 1.54) is 37.2 Å². The zero-order chi connectivity index (χ0) is 15.1. The van der Waals surface area contributed by atoms with E-state index >= 15 is 0 Å². The van der Waals surface area contributed by atoms with Crippen molar-refractivity contribution < 1.29 is 4.74 Å². The quantitative estimate of drug-likeness (QED) is 0.779. The fraction of sp³-hybridized carbons (Fsp3) is 0.647. The largest absolute Gasteiger partial charge is 0.496 e. The number of benzene rings is 1. The van der Waals surface area contributed by atoms with Crippen molar-refractivity contribution in [1.82, 2.24) is 9.80 Å². The van der Waals surface area contributed by atoms with Gasteiger partial charge in [0.1, 0.15) is 5.75 Å². The molecule has 2 rings (SSSR count). The smallest absolute Gasteiger partial charge is 0.123 e. The van der Waals surface area contributed by atoms with E-state index in [1.54, 1.807) is 7.11 Å². The van der Waals surface area contributed by atoms with Gasteiger partial charge in [0.25, 0.3) is 0 Å². The van der Waals surface area contributed by atoms with Crippen LogP contribution in [0.3, 0.4) is 0 Å². The Labute approximate surface area is 128 Å². The van der Waals surface area contributed by atoms with Gasteiger partial charge in [0.15, 0.2) is 0 Å². The minimum absolute atomic E-state index is 0.813. The molecule has 1 fully saturated rings. The molecular weight excluding hydrogens is 262 g/mol. The summed E-state index contributed by atoms with van der Waals surface area (Å²) in [7, 11) is 1.75. The fourth-order valence-electron chi connectivity index (χ4n) is 2.92. The van der Waals surface area contributed by atoms with Crippen LogP contribution in [0.25, 0.3) is 0 Å². The van der Waals surface area contributed by atoms with Gasteiger partial charge in [-0.05, 0) is 38.9 Å². The van der Waals surface area contributed by atoms with E-state index in [9.17, 15) is 0 Å². The first-order valence-electron chi connectivity index (χ1n) is 8.01. The maximum atomic E-state index is 5.55. The monoisotopic (exact) mass is 291 g/mol. The third-order valence-corrected chi connectivity index (χ3v) is 4.22. The number of nitrogens with two attached hydrogens (primary N) is 1. The van der Waals surface area contributed by atoms with Crippen molar-refractivity contribution in [3.8, 4) is 5.75 Å². The first kappa shape index (κ1) is 16.3. The average Bonchev–Trinajstić information content (AvgIpc) is 2.50. The molecule has 1 heterocycles. The van der Waals surface area contributed by atoms with Crippen LogP contribution in [0.5, 0.6) is 5.75 Å². The molecule has 1 aliphatic heterocycles. The Balaban J connectivity index is 1.82. The minimum atomic E-state index is 0.813. The van der Waals surface area contributed by atoms with Crippen molar-refractivity contribution in [1.29, 1.82) is 0 Å². The number of hydrogen-bond donors (Lipinski definition) is 1. The first-order chi connectivity index (χ1) is 10.2. The topological polar surface area (TPSA) is 41.7 Å². The molecule has 1 aromatic carbocycles. The summed E-state index contributed by atoms with van der Waals surface area (Å²) < 4.78 is 5.48. The Morgan fingerprint density at radius 3 is 2.48 bits per heavy atom. The number of methoxy groups -OCH3 is 1. The molecule has 118 valence electrons. The summed E-state index contributed by atoms with van der Waals surface area (Å²) in [6.45, 7) is 9.74. The summed E-state index contributed by atoms with van der Waals surface area (Å²) in [6, 6.07) is 6.43. The van der Waals surface area contributed by atoms with E-state index < -0.39 is 0 Å². The highest BCUT2D eigenvalue weighted by Gasteiger charge is 2.17. The van der Waals surface area contributed by atoms with E-state index in [4.69, 9.17) is 10.5 Å². The van der Waals surface area contributed by atoms with E-state index in [1.807, 2.05) is 0 Å². The molecule has 0 spiro atoms. The number of piperazine rings is 1. The van der Waals surface area contributed by atoms with Gasteiger partial charge in [0, 0.05) is 38.3 Å². The van der Waals surface area contributed by atoms with Crippen molar-refractivity contribution >= 4 is 0 Å². The van der Waals surface area contributed by atoms with Gasteiger partial charge < -0.3 is 15.4 Å².